The summed E-state index contributed by atoms with van der Waals surface area (Å²) >= 11 is 0. The van der Waals surface area contributed by atoms with Crippen LogP contribution in [0.1, 0.15) is 69.7 Å². The molecule has 2 fully saturated rings. The number of aliphatic hydroxyl groups excluding tert-OH is 1. The van der Waals surface area contributed by atoms with Crippen molar-refractivity contribution >= 4 is 21.7 Å². The van der Waals surface area contributed by atoms with E-state index in [1.807, 2.05) is 30.5 Å². The zero-order valence-corrected chi connectivity index (χ0v) is 26.6. The fourth-order valence-corrected chi connectivity index (χ4v) is 7.72. The highest BCUT2D eigenvalue weighted by Crippen LogP contribution is 2.42. The van der Waals surface area contributed by atoms with Gasteiger partial charge in [0.15, 0.2) is 5.82 Å². The van der Waals surface area contributed by atoms with Gasteiger partial charge in [0.25, 0.3) is 0 Å². The minimum absolute atomic E-state index is 0.0192. The Morgan fingerprint density at radius 1 is 1.02 bits per heavy atom. The van der Waals surface area contributed by atoms with Crippen LogP contribution in [0.25, 0.3) is 44.3 Å². The first kappa shape index (κ1) is 31.0. The fraction of sp³-hybridized carbons (Fsp3) is 0.378. The molecule has 8 nitrogen and oxygen atoms in total. The third kappa shape index (κ3) is 5.09. The van der Waals surface area contributed by atoms with Crippen LogP contribution in [0.15, 0.2) is 42.6 Å². The molecule has 0 saturated carbocycles. The van der Waals surface area contributed by atoms with Crippen LogP contribution in [0, 0.1) is 24.0 Å². The van der Waals surface area contributed by atoms with Crippen molar-refractivity contribution in [2.24, 2.45) is 0 Å². The lowest BCUT2D eigenvalue weighted by Crippen LogP contribution is -2.43. The first-order valence-electron chi connectivity index (χ1n) is 16.4. The van der Waals surface area contributed by atoms with Gasteiger partial charge in [-0.25, -0.2) is 8.78 Å². The van der Waals surface area contributed by atoms with Crippen molar-refractivity contribution in [3.8, 4) is 46.7 Å². The van der Waals surface area contributed by atoms with E-state index in [4.69, 9.17) is 16.1 Å². The predicted octanol–water partition coefficient (Wildman–Crippen LogP) is 7.14. The number of phenols is 1. The van der Waals surface area contributed by atoms with Crippen LogP contribution in [0.4, 0.5) is 8.78 Å². The summed E-state index contributed by atoms with van der Waals surface area (Å²) in [4.78, 5) is 16.4. The molecular weight excluding hydrogens is 600 g/mol. The number of halogens is 2. The Labute approximate surface area is 272 Å². The maximum absolute atomic E-state index is 16.8. The van der Waals surface area contributed by atoms with Crippen molar-refractivity contribution in [3.63, 3.8) is 0 Å². The Hall–Kier alpha value is -4.59. The zero-order valence-electron chi connectivity index (χ0n) is 26.6. The van der Waals surface area contributed by atoms with Crippen LogP contribution in [0.3, 0.4) is 0 Å². The summed E-state index contributed by atoms with van der Waals surface area (Å²) in [6.45, 7) is 7.14. The summed E-state index contributed by atoms with van der Waals surface area (Å²) in [5.74, 6) is 0.828. The number of benzene rings is 2. The predicted molar refractivity (Wildman–Crippen MR) is 177 cm³/mol. The number of hydrogen-bond donors (Lipinski definition) is 2. The molecule has 0 radical (unpaired) electrons. The van der Waals surface area contributed by atoms with Crippen molar-refractivity contribution in [3.05, 3.63) is 65.5 Å². The SMILES string of the molecule is C#Cc1c(F)ccc2cc(O)cc(-c3ncc4c(-c5ccc6n5CCCC6O)nc(OCC56CCCN5CCC6)nc4c3F)c12.CC. The van der Waals surface area contributed by atoms with Crippen LogP contribution in [-0.2, 0) is 6.54 Å². The number of aromatic hydroxyl groups is 1. The molecule has 2 aromatic carbocycles. The second-order valence-corrected chi connectivity index (χ2v) is 12.4. The Morgan fingerprint density at radius 3 is 2.57 bits per heavy atom. The smallest absolute Gasteiger partial charge is 0.317 e. The minimum atomic E-state index is -0.771. The Balaban J connectivity index is 0.00000172. The molecule has 6 heterocycles. The molecule has 1 unspecified atom stereocenters. The summed E-state index contributed by atoms with van der Waals surface area (Å²) in [7, 11) is 0. The molecule has 242 valence electrons. The van der Waals surface area contributed by atoms with Crippen LogP contribution < -0.4 is 4.74 Å². The third-order valence-electron chi connectivity index (χ3n) is 9.85. The number of ether oxygens (including phenoxy) is 1. The lowest BCUT2D eigenvalue weighted by Gasteiger charge is -2.31. The van der Waals surface area contributed by atoms with Gasteiger partial charge >= 0.3 is 6.01 Å². The van der Waals surface area contributed by atoms with E-state index in [9.17, 15) is 14.6 Å². The normalized spacial score (nSPS) is 18.4. The lowest BCUT2D eigenvalue weighted by atomic mass is 9.95. The molecular formula is C37H37F2N5O3. The largest absolute Gasteiger partial charge is 0.508 e. The number of terminal acetylenes is 1. The van der Waals surface area contributed by atoms with E-state index >= 15 is 4.39 Å². The van der Waals surface area contributed by atoms with E-state index in [2.05, 4.69) is 20.8 Å². The van der Waals surface area contributed by atoms with Gasteiger partial charge in [-0.3, -0.25) is 9.88 Å². The quantitative estimate of drug-likeness (QED) is 0.198. The average Bonchev–Trinajstić information content (AvgIpc) is 3.80. The number of phenolic OH excluding ortho intramolecular Hbond substituents is 1. The second-order valence-electron chi connectivity index (χ2n) is 12.4. The standard InChI is InChI=1S/C35H31F2N5O3.C2H6/c1-2-22-25(36)8-7-20-16-21(43)17-23(29(20)22)32-30(37)33-24(18-38-32)31(27-10-9-26-28(44)6-3-15-42(26)27)39-34(40-33)45-19-35-11-4-13-41(35)14-5-12-35;1-2/h1,7-10,16-18,28,43-44H,3-6,11-15,19H2;1-2H3. The van der Waals surface area contributed by atoms with Crippen molar-refractivity contribution < 1.29 is 23.7 Å². The van der Waals surface area contributed by atoms with Crippen molar-refractivity contribution in [2.45, 2.75) is 70.6 Å². The molecule has 8 rings (SSSR count). The van der Waals surface area contributed by atoms with Crippen molar-refractivity contribution in [1.29, 1.82) is 0 Å². The zero-order chi connectivity index (χ0) is 32.9. The molecule has 0 spiro atoms. The van der Waals surface area contributed by atoms with Crippen molar-refractivity contribution in [1.82, 2.24) is 24.4 Å². The van der Waals surface area contributed by atoms with Crippen LogP contribution in [0.2, 0.25) is 0 Å². The molecule has 3 aliphatic rings. The van der Waals surface area contributed by atoms with E-state index < -0.39 is 17.7 Å². The molecule has 0 aliphatic carbocycles. The fourth-order valence-electron chi connectivity index (χ4n) is 7.72. The Bertz CT molecular complexity index is 2040. The van der Waals surface area contributed by atoms with Crippen LogP contribution >= 0.6 is 0 Å². The molecule has 5 aromatic rings. The molecule has 3 aliphatic heterocycles. The van der Waals surface area contributed by atoms with Gasteiger partial charge in [0.1, 0.15) is 35.1 Å². The summed E-state index contributed by atoms with van der Waals surface area (Å²) in [5, 5.41) is 22.3. The van der Waals surface area contributed by atoms with Gasteiger partial charge in [-0.1, -0.05) is 25.8 Å². The van der Waals surface area contributed by atoms with Gasteiger partial charge < -0.3 is 19.5 Å². The molecule has 10 heteroatoms. The van der Waals surface area contributed by atoms with Gasteiger partial charge in [0, 0.05) is 34.8 Å². The van der Waals surface area contributed by atoms with Crippen LogP contribution in [0.5, 0.6) is 11.8 Å². The maximum Gasteiger partial charge on any atom is 0.317 e. The highest BCUT2D eigenvalue weighted by molar-refractivity contribution is 6.03. The second kappa shape index (κ2) is 12.2. The Morgan fingerprint density at radius 2 is 1.81 bits per heavy atom. The van der Waals surface area contributed by atoms with Gasteiger partial charge in [-0.05, 0) is 87.3 Å². The third-order valence-corrected chi connectivity index (χ3v) is 9.85. The van der Waals surface area contributed by atoms with Crippen LogP contribution in [-0.4, -0.2) is 59.9 Å². The molecule has 1 atom stereocenters. The monoisotopic (exact) mass is 637 g/mol. The Kier molecular flexibility index (Phi) is 8.06. The lowest BCUT2D eigenvalue weighted by molar-refractivity contribution is 0.108. The maximum atomic E-state index is 16.8. The molecule has 3 aromatic heterocycles. The topological polar surface area (TPSA) is 96.5 Å². The molecule has 2 N–H and O–H groups in total. The molecule has 47 heavy (non-hydrogen) atoms. The first-order chi connectivity index (χ1) is 22.9. The summed E-state index contributed by atoms with van der Waals surface area (Å²) in [6.07, 6.45) is 12.3. The van der Waals surface area contributed by atoms with Gasteiger partial charge in [0.2, 0.25) is 0 Å². The van der Waals surface area contributed by atoms with E-state index in [0.717, 1.165) is 50.9 Å². The summed E-state index contributed by atoms with van der Waals surface area (Å²) in [5.41, 5.74) is 1.79. The van der Waals surface area contributed by atoms with E-state index in [1.165, 1.54) is 30.5 Å². The number of aliphatic hydroxyl groups is 1. The number of nitrogens with zero attached hydrogens (tertiary/aromatic N) is 5. The van der Waals surface area contributed by atoms with E-state index in [1.54, 1.807) is 0 Å². The highest BCUT2D eigenvalue weighted by atomic mass is 19.1. The minimum Gasteiger partial charge on any atom is -0.508 e. The van der Waals surface area contributed by atoms with Gasteiger partial charge in [-0.15, -0.1) is 6.42 Å². The molecule has 2 saturated heterocycles. The number of aromatic nitrogens is 4. The van der Waals surface area contributed by atoms with Gasteiger partial charge in [0.05, 0.1) is 22.9 Å². The first-order valence-corrected chi connectivity index (χ1v) is 16.4. The molecule has 0 bridgehead atoms. The summed E-state index contributed by atoms with van der Waals surface area (Å²) < 4.78 is 40.0. The number of hydrogen-bond acceptors (Lipinski definition) is 7. The average molecular weight is 638 g/mol. The van der Waals surface area contributed by atoms with E-state index in [-0.39, 0.29) is 45.0 Å². The number of pyridine rings is 1. The van der Waals surface area contributed by atoms with Crippen molar-refractivity contribution in [2.75, 3.05) is 19.7 Å². The van der Waals surface area contributed by atoms with E-state index in [0.29, 0.717) is 41.7 Å². The highest BCUT2D eigenvalue weighted by Gasteiger charge is 2.45. The summed E-state index contributed by atoms with van der Waals surface area (Å²) in [6, 6.07) is 9.28. The van der Waals surface area contributed by atoms with Gasteiger partial charge in [-0.2, -0.15) is 9.97 Å². The number of rotatable bonds is 5. The number of fused-ring (bicyclic) bond motifs is 4. The molecule has 0 amide bonds.